The van der Waals surface area contributed by atoms with Crippen molar-refractivity contribution in [2.45, 2.75) is 0 Å². The first kappa shape index (κ1) is 10.4. The molecule has 0 aromatic carbocycles. The van der Waals surface area contributed by atoms with E-state index in [0.717, 1.165) is 4.88 Å². The Morgan fingerprint density at radius 1 is 1.24 bits per heavy atom. The first-order chi connectivity index (χ1) is 8.34. The molecule has 3 aromatic rings. The zero-order chi connectivity index (χ0) is 11.7. The summed E-state index contributed by atoms with van der Waals surface area (Å²) in [6.07, 6.45) is 1.61. The van der Waals surface area contributed by atoms with Gasteiger partial charge in [0.25, 0.3) is 5.89 Å². The minimum absolute atomic E-state index is 0.355. The lowest BCUT2D eigenvalue weighted by Gasteiger charge is -1.94. The first-order valence-corrected chi connectivity index (χ1v) is 6.09. The van der Waals surface area contributed by atoms with E-state index in [4.69, 9.17) is 16.1 Å². The van der Waals surface area contributed by atoms with Crippen LogP contribution in [0.2, 0.25) is 5.15 Å². The molecule has 0 radical (unpaired) electrons. The summed E-state index contributed by atoms with van der Waals surface area (Å²) in [5.74, 6) is 0.946. The fourth-order valence-corrected chi connectivity index (χ4v) is 2.23. The van der Waals surface area contributed by atoms with E-state index in [1.807, 2.05) is 17.5 Å². The molecule has 3 rings (SSSR count). The molecule has 0 bridgehead atoms. The van der Waals surface area contributed by atoms with Gasteiger partial charge < -0.3 is 4.52 Å². The lowest BCUT2D eigenvalue weighted by Crippen LogP contribution is -1.82. The maximum atomic E-state index is 5.96. The molecule has 0 aliphatic carbocycles. The van der Waals surface area contributed by atoms with Crippen molar-refractivity contribution in [3.05, 3.63) is 41.0 Å². The maximum Gasteiger partial charge on any atom is 0.261 e. The summed E-state index contributed by atoms with van der Waals surface area (Å²) in [5.41, 5.74) is 0.643. The van der Waals surface area contributed by atoms with Gasteiger partial charge >= 0.3 is 0 Å². The van der Waals surface area contributed by atoms with Crippen LogP contribution >= 0.6 is 22.9 Å². The van der Waals surface area contributed by atoms with Gasteiger partial charge in [0.1, 0.15) is 5.15 Å². The van der Waals surface area contributed by atoms with Crippen LogP contribution in [0.3, 0.4) is 0 Å². The molecule has 0 saturated carbocycles. The van der Waals surface area contributed by atoms with Crippen molar-refractivity contribution >= 4 is 22.9 Å². The Labute approximate surface area is 106 Å². The third-order valence-electron chi connectivity index (χ3n) is 2.16. The van der Waals surface area contributed by atoms with Crippen LogP contribution in [0, 0.1) is 0 Å². The molecular weight excluding hydrogens is 258 g/mol. The van der Waals surface area contributed by atoms with Gasteiger partial charge in [0, 0.05) is 6.20 Å². The molecule has 0 fully saturated rings. The minimum atomic E-state index is 0.355. The highest BCUT2D eigenvalue weighted by Gasteiger charge is 2.13. The highest BCUT2D eigenvalue weighted by atomic mass is 35.5. The average molecular weight is 264 g/mol. The molecule has 0 aliphatic rings. The molecule has 0 unspecified atom stereocenters. The average Bonchev–Trinajstić information content (AvgIpc) is 3.00. The molecule has 0 spiro atoms. The lowest BCUT2D eigenvalue weighted by atomic mass is 10.3. The van der Waals surface area contributed by atoms with Crippen LogP contribution in [0.15, 0.2) is 40.4 Å². The van der Waals surface area contributed by atoms with Gasteiger partial charge in [-0.1, -0.05) is 22.8 Å². The highest BCUT2D eigenvalue weighted by Crippen LogP contribution is 2.28. The van der Waals surface area contributed by atoms with E-state index in [1.54, 1.807) is 29.7 Å². The van der Waals surface area contributed by atoms with Gasteiger partial charge in [0.2, 0.25) is 5.82 Å². The molecule has 0 N–H and O–H groups in total. The van der Waals surface area contributed by atoms with Gasteiger partial charge in [-0.25, -0.2) is 4.98 Å². The van der Waals surface area contributed by atoms with Crippen molar-refractivity contribution < 1.29 is 4.52 Å². The number of hydrogen-bond acceptors (Lipinski definition) is 5. The zero-order valence-electron chi connectivity index (χ0n) is 8.50. The minimum Gasteiger partial charge on any atom is -0.333 e. The zero-order valence-corrected chi connectivity index (χ0v) is 10.1. The van der Waals surface area contributed by atoms with Gasteiger partial charge in [-0.2, -0.15) is 4.98 Å². The normalized spacial score (nSPS) is 10.6. The van der Waals surface area contributed by atoms with Crippen LogP contribution in [0.5, 0.6) is 0 Å². The van der Waals surface area contributed by atoms with Crippen molar-refractivity contribution in [2.75, 3.05) is 0 Å². The van der Waals surface area contributed by atoms with Crippen molar-refractivity contribution in [2.24, 2.45) is 0 Å². The fraction of sp³-hybridized carbons (Fsp3) is 0. The monoisotopic (exact) mass is 263 g/mol. The van der Waals surface area contributed by atoms with Crippen molar-refractivity contribution in [3.63, 3.8) is 0 Å². The number of hydrogen-bond donors (Lipinski definition) is 0. The molecule has 0 atom stereocenters. The molecule has 17 heavy (non-hydrogen) atoms. The van der Waals surface area contributed by atoms with Crippen molar-refractivity contribution in [3.8, 4) is 22.2 Å². The van der Waals surface area contributed by atoms with Crippen LogP contribution in [-0.2, 0) is 0 Å². The number of nitrogens with zero attached hydrogens (tertiary/aromatic N) is 3. The molecule has 3 heterocycles. The number of aromatic nitrogens is 3. The number of rotatable bonds is 2. The topological polar surface area (TPSA) is 51.8 Å². The highest BCUT2D eigenvalue weighted by molar-refractivity contribution is 7.13. The van der Waals surface area contributed by atoms with Crippen molar-refractivity contribution in [1.29, 1.82) is 0 Å². The third-order valence-corrected chi connectivity index (χ3v) is 3.32. The molecule has 3 aromatic heterocycles. The van der Waals surface area contributed by atoms with Crippen LogP contribution in [0.4, 0.5) is 0 Å². The van der Waals surface area contributed by atoms with E-state index < -0.39 is 0 Å². The Morgan fingerprint density at radius 2 is 2.18 bits per heavy atom. The van der Waals surface area contributed by atoms with Gasteiger partial charge in [-0.05, 0) is 23.6 Å². The van der Waals surface area contributed by atoms with Gasteiger partial charge in [0.15, 0.2) is 0 Å². The van der Waals surface area contributed by atoms with Crippen LogP contribution in [0.1, 0.15) is 0 Å². The lowest BCUT2D eigenvalue weighted by molar-refractivity contribution is 0.432. The van der Waals surface area contributed by atoms with E-state index in [1.165, 1.54) is 0 Å². The molecule has 84 valence electrons. The second-order valence-electron chi connectivity index (χ2n) is 3.24. The second kappa shape index (κ2) is 4.27. The second-order valence-corrected chi connectivity index (χ2v) is 4.55. The summed E-state index contributed by atoms with van der Waals surface area (Å²) >= 11 is 7.51. The predicted molar refractivity (Wildman–Crippen MR) is 65.9 cm³/mol. The molecule has 4 nitrogen and oxygen atoms in total. The molecule has 0 amide bonds. The van der Waals surface area contributed by atoms with E-state index in [-0.39, 0.29) is 0 Å². The van der Waals surface area contributed by atoms with E-state index in [0.29, 0.717) is 22.4 Å². The Hall–Kier alpha value is -1.72. The summed E-state index contributed by atoms with van der Waals surface area (Å²) in [7, 11) is 0. The van der Waals surface area contributed by atoms with Crippen LogP contribution in [-0.4, -0.2) is 15.1 Å². The first-order valence-electron chi connectivity index (χ1n) is 4.83. The largest absolute Gasteiger partial charge is 0.333 e. The molecular formula is C11H6ClN3OS. The van der Waals surface area contributed by atoms with Gasteiger partial charge in [0.05, 0.1) is 10.4 Å². The summed E-state index contributed by atoms with van der Waals surface area (Å²) in [5, 5.41) is 6.23. The van der Waals surface area contributed by atoms with Crippen LogP contribution < -0.4 is 0 Å². The summed E-state index contributed by atoms with van der Waals surface area (Å²) < 4.78 is 5.18. The Kier molecular flexibility index (Phi) is 2.62. The molecule has 6 heteroatoms. The Balaban J connectivity index is 2.04. The molecule has 0 saturated heterocycles. The quantitative estimate of drug-likeness (QED) is 0.664. The Bertz CT molecular complexity index is 636. The van der Waals surface area contributed by atoms with E-state index in [9.17, 15) is 0 Å². The standard InChI is InChI=1S/C11H6ClN3OS/c12-9-7(3-1-5-13-9)11-14-10(15-16-11)8-4-2-6-17-8/h1-6H. The Morgan fingerprint density at radius 3 is 2.94 bits per heavy atom. The molecule has 0 aliphatic heterocycles. The van der Waals surface area contributed by atoms with Crippen molar-refractivity contribution in [1.82, 2.24) is 15.1 Å². The number of pyridine rings is 1. The third kappa shape index (κ3) is 1.94. The van der Waals surface area contributed by atoms with E-state index in [2.05, 4.69) is 15.1 Å². The summed E-state index contributed by atoms with van der Waals surface area (Å²) in [4.78, 5) is 9.22. The summed E-state index contributed by atoms with van der Waals surface area (Å²) in [6, 6.07) is 7.44. The number of thiophene rings is 1. The predicted octanol–water partition coefficient (Wildman–Crippen LogP) is 3.51. The number of halogens is 1. The van der Waals surface area contributed by atoms with E-state index >= 15 is 0 Å². The van der Waals surface area contributed by atoms with Crippen LogP contribution in [0.25, 0.3) is 22.2 Å². The SMILES string of the molecule is Clc1ncccc1-c1nc(-c2cccs2)no1. The van der Waals surface area contributed by atoms with Gasteiger partial charge in [-0.15, -0.1) is 11.3 Å². The van der Waals surface area contributed by atoms with Gasteiger partial charge in [-0.3, -0.25) is 0 Å². The smallest absolute Gasteiger partial charge is 0.261 e. The maximum absolute atomic E-state index is 5.96. The fourth-order valence-electron chi connectivity index (χ4n) is 1.38. The summed E-state index contributed by atoms with van der Waals surface area (Å²) in [6.45, 7) is 0.